The Labute approximate surface area is 116 Å². The second-order valence-corrected chi connectivity index (χ2v) is 5.39. The molecule has 2 N–H and O–H groups in total. The number of nitrogens with two attached hydrogens (primary N) is 1. The molecular formula is C16H23N3. The molecule has 0 atom stereocenters. The first-order valence-electron chi connectivity index (χ1n) is 7.27. The van der Waals surface area contributed by atoms with Gasteiger partial charge in [0.05, 0.1) is 11.3 Å². The predicted octanol–water partition coefficient (Wildman–Crippen LogP) is 3.04. The van der Waals surface area contributed by atoms with Crippen molar-refractivity contribution < 1.29 is 0 Å². The molecule has 0 unspecified atom stereocenters. The van der Waals surface area contributed by atoms with Crippen molar-refractivity contribution in [3.63, 3.8) is 0 Å². The van der Waals surface area contributed by atoms with Crippen molar-refractivity contribution in [3.05, 3.63) is 29.8 Å². The summed E-state index contributed by atoms with van der Waals surface area (Å²) in [4.78, 5) is 2.42. The number of hydrogen-bond acceptors (Lipinski definition) is 3. The Morgan fingerprint density at radius 2 is 1.95 bits per heavy atom. The Bertz CT molecular complexity index is 442. The summed E-state index contributed by atoms with van der Waals surface area (Å²) in [6.07, 6.45) is 5.57. The minimum atomic E-state index is 0.367. The molecule has 0 saturated heterocycles. The minimum Gasteiger partial charge on any atom is -0.367 e. The highest BCUT2D eigenvalue weighted by Gasteiger charge is 2.25. The number of nitriles is 1. The zero-order valence-electron chi connectivity index (χ0n) is 11.7. The maximum atomic E-state index is 9.28. The first-order chi connectivity index (χ1) is 9.26. The van der Waals surface area contributed by atoms with Gasteiger partial charge in [-0.25, -0.2) is 0 Å². The van der Waals surface area contributed by atoms with Crippen molar-refractivity contribution in [2.75, 3.05) is 11.4 Å². The van der Waals surface area contributed by atoms with Crippen LogP contribution >= 0.6 is 0 Å². The molecule has 1 saturated carbocycles. The molecule has 0 heterocycles. The molecule has 2 rings (SSSR count). The van der Waals surface area contributed by atoms with Gasteiger partial charge in [0.25, 0.3) is 0 Å². The van der Waals surface area contributed by atoms with Crippen LogP contribution in [0.4, 0.5) is 5.69 Å². The van der Waals surface area contributed by atoms with Gasteiger partial charge in [-0.05, 0) is 44.2 Å². The smallest absolute Gasteiger partial charge is 0.101 e. The molecule has 0 aliphatic heterocycles. The average molecular weight is 257 g/mol. The average Bonchev–Trinajstić information content (AvgIpc) is 2.46. The van der Waals surface area contributed by atoms with E-state index >= 15 is 0 Å². The fourth-order valence-electron chi connectivity index (χ4n) is 2.97. The normalized spacial score (nSPS) is 22.8. The van der Waals surface area contributed by atoms with Crippen LogP contribution in [0.1, 0.15) is 44.6 Å². The molecular weight excluding hydrogens is 234 g/mol. The van der Waals surface area contributed by atoms with E-state index in [0.29, 0.717) is 12.1 Å². The van der Waals surface area contributed by atoms with Crippen LogP contribution in [0, 0.1) is 11.3 Å². The van der Waals surface area contributed by atoms with Gasteiger partial charge in [0.15, 0.2) is 0 Å². The van der Waals surface area contributed by atoms with Crippen LogP contribution in [0.5, 0.6) is 0 Å². The van der Waals surface area contributed by atoms with Crippen molar-refractivity contribution in [2.24, 2.45) is 5.73 Å². The molecule has 0 amide bonds. The Hall–Kier alpha value is -1.53. The summed E-state index contributed by atoms with van der Waals surface area (Å²) < 4.78 is 0. The summed E-state index contributed by atoms with van der Waals surface area (Å²) in [7, 11) is 0. The van der Waals surface area contributed by atoms with Crippen LogP contribution in [0.2, 0.25) is 0 Å². The Morgan fingerprint density at radius 1 is 1.26 bits per heavy atom. The number of para-hydroxylation sites is 1. The second kappa shape index (κ2) is 6.58. The van der Waals surface area contributed by atoms with Gasteiger partial charge in [0, 0.05) is 18.6 Å². The molecule has 1 fully saturated rings. The molecule has 3 heteroatoms. The van der Waals surface area contributed by atoms with Crippen molar-refractivity contribution in [1.82, 2.24) is 0 Å². The van der Waals surface area contributed by atoms with E-state index in [4.69, 9.17) is 5.73 Å². The quantitative estimate of drug-likeness (QED) is 0.902. The predicted molar refractivity (Wildman–Crippen MR) is 79.0 cm³/mol. The Morgan fingerprint density at radius 3 is 2.58 bits per heavy atom. The van der Waals surface area contributed by atoms with E-state index in [1.807, 2.05) is 18.2 Å². The van der Waals surface area contributed by atoms with Gasteiger partial charge in [-0.15, -0.1) is 0 Å². The molecule has 0 aromatic heterocycles. The molecule has 1 aromatic carbocycles. The summed E-state index contributed by atoms with van der Waals surface area (Å²) in [5.74, 6) is 0. The van der Waals surface area contributed by atoms with E-state index in [1.54, 1.807) is 0 Å². The fourth-order valence-corrected chi connectivity index (χ4v) is 2.97. The van der Waals surface area contributed by atoms with E-state index < -0.39 is 0 Å². The van der Waals surface area contributed by atoms with Crippen molar-refractivity contribution in [2.45, 2.75) is 51.1 Å². The zero-order valence-corrected chi connectivity index (χ0v) is 11.7. The Kier molecular flexibility index (Phi) is 4.81. The SMILES string of the molecule is CCCN(c1ccccc1C#N)C1CCC(N)CC1. The summed E-state index contributed by atoms with van der Waals surface area (Å²) in [6.45, 7) is 3.20. The minimum absolute atomic E-state index is 0.367. The van der Waals surface area contributed by atoms with E-state index in [2.05, 4.69) is 24.0 Å². The lowest BCUT2D eigenvalue weighted by molar-refractivity contribution is 0.375. The van der Waals surface area contributed by atoms with Gasteiger partial charge in [-0.3, -0.25) is 0 Å². The first kappa shape index (κ1) is 13.9. The highest BCUT2D eigenvalue weighted by molar-refractivity contribution is 5.59. The number of hydrogen-bond donors (Lipinski definition) is 1. The van der Waals surface area contributed by atoms with E-state index in [-0.39, 0.29) is 0 Å². The number of rotatable bonds is 4. The van der Waals surface area contributed by atoms with Crippen molar-refractivity contribution in [1.29, 1.82) is 5.26 Å². The van der Waals surface area contributed by atoms with E-state index in [0.717, 1.165) is 49.9 Å². The van der Waals surface area contributed by atoms with Crippen LogP contribution in [0.25, 0.3) is 0 Å². The molecule has 3 nitrogen and oxygen atoms in total. The maximum Gasteiger partial charge on any atom is 0.101 e. The molecule has 0 radical (unpaired) electrons. The standard InChI is InChI=1S/C16H23N3/c1-2-11-19(15-9-7-14(18)8-10-15)16-6-4-3-5-13(16)12-17/h3-6,14-15H,2,7-11,18H2,1H3. The Balaban J connectivity index is 2.22. The largest absolute Gasteiger partial charge is 0.367 e. The van der Waals surface area contributed by atoms with Gasteiger partial charge < -0.3 is 10.6 Å². The second-order valence-electron chi connectivity index (χ2n) is 5.39. The summed E-state index contributed by atoms with van der Waals surface area (Å²) >= 11 is 0. The molecule has 102 valence electrons. The van der Waals surface area contributed by atoms with Crippen molar-refractivity contribution in [3.8, 4) is 6.07 Å². The summed E-state index contributed by atoms with van der Waals surface area (Å²) in [5.41, 5.74) is 7.87. The molecule has 0 bridgehead atoms. The van der Waals surface area contributed by atoms with Crippen LogP contribution in [0.3, 0.4) is 0 Å². The van der Waals surface area contributed by atoms with E-state index in [9.17, 15) is 5.26 Å². The maximum absolute atomic E-state index is 9.28. The van der Waals surface area contributed by atoms with Crippen molar-refractivity contribution >= 4 is 5.69 Å². The van der Waals surface area contributed by atoms with Crippen LogP contribution < -0.4 is 10.6 Å². The molecule has 19 heavy (non-hydrogen) atoms. The van der Waals surface area contributed by atoms with Gasteiger partial charge in [0.1, 0.15) is 6.07 Å². The first-order valence-corrected chi connectivity index (χ1v) is 7.27. The molecule has 1 aliphatic carbocycles. The third-order valence-electron chi connectivity index (χ3n) is 3.98. The zero-order chi connectivity index (χ0) is 13.7. The lowest BCUT2D eigenvalue weighted by Crippen LogP contribution is -2.41. The van der Waals surface area contributed by atoms with E-state index in [1.165, 1.54) is 0 Å². The number of benzene rings is 1. The lowest BCUT2D eigenvalue weighted by atomic mass is 9.90. The topological polar surface area (TPSA) is 53.0 Å². The molecule has 1 aliphatic rings. The fraction of sp³-hybridized carbons (Fsp3) is 0.562. The van der Waals surface area contributed by atoms with Gasteiger partial charge in [-0.2, -0.15) is 5.26 Å². The number of anilines is 1. The van der Waals surface area contributed by atoms with Crippen LogP contribution in [-0.2, 0) is 0 Å². The van der Waals surface area contributed by atoms with Gasteiger partial charge >= 0.3 is 0 Å². The van der Waals surface area contributed by atoms with Crippen LogP contribution in [-0.4, -0.2) is 18.6 Å². The molecule has 1 aromatic rings. The van der Waals surface area contributed by atoms with Gasteiger partial charge in [-0.1, -0.05) is 19.1 Å². The number of nitrogens with zero attached hydrogens (tertiary/aromatic N) is 2. The monoisotopic (exact) mass is 257 g/mol. The van der Waals surface area contributed by atoms with Crippen LogP contribution in [0.15, 0.2) is 24.3 Å². The summed E-state index contributed by atoms with van der Waals surface area (Å²) in [5, 5.41) is 9.28. The lowest BCUT2D eigenvalue weighted by Gasteiger charge is -2.38. The highest BCUT2D eigenvalue weighted by atomic mass is 15.2. The highest BCUT2D eigenvalue weighted by Crippen LogP contribution is 2.29. The third kappa shape index (κ3) is 3.27. The third-order valence-corrected chi connectivity index (χ3v) is 3.98. The molecule has 0 spiro atoms. The van der Waals surface area contributed by atoms with Gasteiger partial charge in [0.2, 0.25) is 0 Å². The summed E-state index contributed by atoms with van der Waals surface area (Å²) in [6, 6.07) is 11.2.